The fourth-order valence-corrected chi connectivity index (χ4v) is 3.26. The molecule has 1 aliphatic rings. The summed E-state index contributed by atoms with van der Waals surface area (Å²) in [6.07, 6.45) is 3.71. The Bertz CT molecular complexity index is 805. The van der Waals surface area contributed by atoms with E-state index in [-0.39, 0.29) is 0 Å². The highest BCUT2D eigenvalue weighted by molar-refractivity contribution is 6.29. The highest BCUT2D eigenvalue weighted by atomic mass is 35.5. The van der Waals surface area contributed by atoms with Crippen molar-refractivity contribution in [1.82, 2.24) is 15.6 Å². The number of aliphatic imine (C=N–C) groups is 1. The van der Waals surface area contributed by atoms with Gasteiger partial charge in [-0.3, -0.25) is 4.99 Å². The minimum atomic E-state index is 0.480. The van der Waals surface area contributed by atoms with Gasteiger partial charge >= 0.3 is 0 Å². The van der Waals surface area contributed by atoms with Crippen LogP contribution in [0.4, 0.5) is 0 Å². The van der Waals surface area contributed by atoms with E-state index in [0.717, 1.165) is 55.4 Å². The van der Waals surface area contributed by atoms with Gasteiger partial charge in [0.1, 0.15) is 10.9 Å². The molecule has 0 saturated carbocycles. The molecule has 2 aromatic rings. The average molecular weight is 417 g/mol. The van der Waals surface area contributed by atoms with Crippen molar-refractivity contribution in [2.24, 2.45) is 10.9 Å². The Balaban J connectivity index is 1.49. The summed E-state index contributed by atoms with van der Waals surface area (Å²) in [7, 11) is 1.77. The van der Waals surface area contributed by atoms with Crippen LogP contribution in [0.5, 0.6) is 5.75 Å². The molecule has 0 aliphatic carbocycles. The molecular formula is C22H29ClN4O2. The SMILES string of the molecule is CN=C(NCCc1ccc(Cl)nc1)NCc1ccc(C)cc1OCC1CCOC1. The molecule has 2 N–H and O–H groups in total. The predicted octanol–water partition coefficient (Wildman–Crippen LogP) is 3.37. The quantitative estimate of drug-likeness (QED) is 0.392. The average Bonchev–Trinajstić information content (AvgIpc) is 3.25. The smallest absolute Gasteiger partial charge is 0.191 e. The number of halogens is 1. The van der Waals surface area contributed by atoms with E-state index in [4.69, 9.17) is 21.1 Å². The van der Waals surface area contributed by atoms with Gasteiger partial charge in [0.2, 0.25) is 0 Å². The zero-order chi connectivity index (χ0) is 20.5. The van der Waals surface area contributed by atoms with E-state index in [1.54, 1.807) is 19.3 Å². The zero-order valence-corrected chi connectivity index (χ0v) is 17.8. The van der Waals surface area contributed by atoms with E-state index in [2.05, 4.69) is 45.7 Å². The molecule has 1 aliphatic heterocycles. The van der Waals surface area contributed by atoms with Gasteiger partial charge < -0.3 is 20.1 Å². The van der Waals surface area contributed by atoms with Crippen LogP contribution in [0, 0.1) is 12.8 Å². The third-order valence-corrected chi connectivity index (χ3v) is 5.11. The van der Waals surface area contributed by atoms with Gasteiger partial charge in [0.05, 0.1) is 13.2 Å². The number of aryl methyl sites for hydroxylation is 1. The van der Waals surface area contributed by atoms with Gasteiger partial charge in [-0.2, -0.15) is 0 Å². The maximum absolute atomic E-state index is 6.12. The second kappa shape index (κ2) is 11.0. The zero-order valence-electron chi connectivity index (χ0n) is 17.1. The Hall–Kier alpha value is -2.31. The first-order chi connectivity index (χ1) is 14.1. The van der Waals surface area contributed by atoms with E-state index in [1.165, 1.54) is 5.56 Å². The number of aromatic nitrogens is 1. The summed E-state index contributed by atoms with van der Waals surface area (Å²) in [4.78, 5) is 8.41. The lowest BCUT2D eigenvalue weighted by Gasteiger charge is -2.17. The standard InChI is InChI=1S/C22H29ClN4O2/c1-16-3-5-19(20(11-16)29-15-18-8-10-28-14-18)13-27-22(24-2)25-9-7-17-4-6-21(23)26-12-17/h3-6,11-12,18H,7-10,13-15H2,1-2H3,(H2,24,25,27). The van der Waals surface area contributed by atoms with Crippen molar-refractivity contribution in [2.75, 3.05) is 33.4 Å². The van der Waals surface area contributed by atoms with Crippen LogP contribution < -0.4 is 15.4 Å². The molecule has 0 radical (unpaired) electrons. The first-order valence-electron chi connectivity index (χ1n) is 9.99. The molecule has 0 bridgehead atoms. The second-order valence-corrected chi connectivity index (χ2v) is 7.63. The first-order valence-corrected chi connectivity index (χ1v) is 10.4. The summed E-state index contributed by atoms with van der Waals surface area (Å²) in [6, 6.07) is 10.1. The maximum Gasteiger partial charge on any atom is 0.191 e. The molecule has 0 spiro atoms. The lowest BCUT2D eigenvalue weighted by atomic mass is 10.1. The van der Waals surface area contributed by atoms with E-state index >= 15 is 0 Å². The van der Waals surface area contributed by atoms with Gasteiger partial charge in [-0.15, -0.1) is 0 Å². The van der Waals surface area contributed by atoms with Crippen LogP contribution >= 0.6 is 11.6 Å². The Kier molecular flexibility index (Phi) is 8.14. The number of hydrogen-bond acceptors (Lipinski definition) is 4. The summed E-state index contributed by atoms with van der Waals surface area (Å²) >= 11 is 5.83. The first kappa shape index (κ1) is 21.4. The van der Waals surface area contributed by atoms with Gasteiger partial charge in [-0.1, -0.05) is 29.8 Å². The molecule has 6 nitrogen and oxygen atoms in total. The number of nitrogens with zero attached hydrogens (tertiary/aromatic N) is 2. The van der Waals surface area contributed by atoms with Crippen LogP contribution in [0.1, 0.15) is 23.1 Å². The third-order valence-electron chi connectivity index (χ3n) is 4.89. The van der Waals surface area contributed by atoms with Crippen LogP contribution in [-0.4, -0.2) is 44.4 Å². The van der Waals surface area contributed by atoms with Gasteiger partial charge in [-0.05, 0) is 43.0 Å². The monoisotopic (exact) mass is 416 g/mol. The molecule has 1 atom stereocenters. The number of ether oxygens (including phenoxy) is 2. The lowest BCUT2D eigenvalue weighted by Crippen LogP contribution is -2.38. The van der Waals surface area contributed by atoms with Crippen molar-refractivity contribution in [3.05, 3.63) is 58.4 Å². The molecule has 1 aromatic heterocycles. The normalized spacial score (nSPS) is 16.7. The van der Waals surface area contributed by atoms with Crippen molar-refractivity contribution in [1.29, 1.82) is 0 Å². The summed E-state index contributed by atoms with van der Waals surface area (Å²) in [6.45, 7) is 5.79. The van der Waals surface area contributed by atoms with Gasteiger partial charge in [0.15, 0.2) is 5.96 Å². The van der Waals surface area contributed by atoms with E-state index < -0.39 is 0 Å². The van der Waals surface area contributed by atoms with Crippen LogP contribution in [0.3, 0.4) is 0 Å². The molecule has 29 heavy (non-hydrogen) atoms. The largest absolute Gasteiger partial charge is 0.493 e. The molecule has 1 unspecified atom stereocenters. The fourth-order valence-electron chi connectivity index (χ4n) is 3.14. The van der Waals surface area contributed by atoms with Crippen molar-refractivity contribution in [2.45, 2.75) is 26.3 Å². The van der Waals surface area contributed by atoms with E-state index in [9.17, 15) is 0 Å². The minimum absolute atomic E-state index is 0.480. The molecule has 1 fully saturated rings. The number of hydrogen-bond donors (Lipinski definition) is 2. The highest BCUT2D eigenvalue weighted by Gasteiger charge is 2.17. The van der Waals surface area contributed by atoms with Crippen LogP contribution in [0.15, 0.2) is 41.5 Å². The molecule has 1 aromatic carbocycles. The number of rotatable bonds is 8. The fraction of sp³-hybridized carbons (Fsp3) is 0.455. The highest BCUT2D eigenvalue weighted by Crippen LogP contribution is 2.22. The van der Waals surface area contributed by atoms with Crippen molar-refractivity contribution < 1.29 is 9.47 Å². The van der Waals surface area contributed by atoms with Gasteiger partial charge in [0, 0.05) is 44.4 Å². The van der Waals surface area contributed by atoms with Crippen LogP contribution in [0.25, 0.3) is 0 Å². The third kappa shape index (κ3) is 6.91. The van der Waals surface area contributed by atoms with Crippen molar-refractivity contribution in [3.8, 4) is 5.75 Å². The second-order valence-electron chi connectivity index (χ2n) is 7.24. The van der Waals surface area contributed by atoms with Crippen LogP contribution in [0.2, 0.25) is 5.15 Å². The Morgan fingerprint density at radius 2 is 2.21 bits per heavy atom. The molecule has 7 heteroatoms. The molecule has 1 saturated heterocycles. The minimum Gasteiger partial charge on any atom is -0.493 e. The summed E-state index contributed by atoms with van der Waals surface area (Å²) in [5, 5.41) is 7.21. The maximum atomic E-state index is 6.12. The van der Waals surface area contributed by atoms with Crippen molar-refractivity contribution in [3.63, 3.8) is 0 Å². The Morgan fingerprint density at radius 1 is 1.31 bits per heavy atom. The molecule has 2 heterocycles. The van der Waals surface area contributed by atoms with Crippen LogP contribution in [-0.2, 0) is 17.7 Å². The number of nitrogens with one attached hydrogen (secondary N) is 2. The van der Waals surface area contributed by atoms with E-state index in [0.29, 0.717) is 24.2 Å². The lowest BCUT2D eigenvalue weighted by molar-refractivity contribution is 0.166. The number of pyridine rings is 1. The Labute approximate surface area is 177 Å². The van der Waals surface area contributed by atoms with Crippen molar-refractivity contribution >= 4 is 17.6 Å². The summed E-state index contributed by atoms with van der Waals surface area (Å²) in [5.74, 6) is 2.16. The number of benzene rings is 1. The summed E-state index contributed by atoms with van der Waals surface area (Å²) in [5.41, 5.74) is 3.42. The van der Waals surface area contributed by atoms with Gasteiger partial charge in [-0.25, -0.2) is 4.98 Å². The molecule has 156 valence electrons. The predicted molar refractivity (Wildman–Crippen MR) is 117 cm³/mol. The molecule has 3 rings (SSSR count). The number of guanidine groups is 1. The van der Waals surface area contributed by atoms with E-state index in [1.807, 2.05) is 6.07 Å². The Morgan fingerprint density at radius 3 is 2.93 bits per heavy atom. The summed E-state index contributed by atoms with van der Waals surface area (Å²) < 4.78 is 11.6. The topological polar surface area (TPSA) is 67.8 Å². The molecular weight excluding hydrogens is 388 g/mol. The molecule has 0 amide bonds. The van der Waals surface area contributed by atoms with Gasteiger partial charge in [0.25, 0.3) is 0 Å².